The largest absolute Gasteiger partial charge is 0.480 e. The number of carboxylic acid groups (broad SMARTS) is 1. The highest BCUT2D eigenvalue weighted by atomic mass is 32.1. The highest BCUT2D eigenvalue weighted by molar-refractivity contribution is 7.07. The fourth-order valence-electron chi connectivity index (χ4n) is 1.59. The molecule has 0 aliphatic heterocycles. The normalized spacial score (nSPS) is 13.0. The van der Waals surface area contributed by atoms with Gasteiger partial charge in [-0.2, -0.15) is 11.3 Å². The van der Waals surface area contributed by atoms with Crippen molar-refractivity contribution in [1.82, 2.24) is 4.90 Å². The Balaban J connectivity index is 2.66. The summed E-state index contributed by atoms with van der Waals surface area (Å²) in [6, 6.07) is 2.24. The molecule has 1 rings (SSSR count). The third-order valence-electron chi connectivity index (χ3n) is 2.42. The van der Waals surface area contributed by atoms with Gasteiger partial charge in [0.05, 0.1) is 6.54 Å². The summed E-state index contributed by atoms with van der Waals surface area (Å²) in [6.45, 7) is 5.06. The molecule has 0 aromatic carbocycles. The number of carboxylic acids is 1. The van der Waals surface area contributed by atoms with E-state index in [0.717, 1.165) is 13.0 Å². The number of carbonyl (C=O) groups is 1. The highest BCUT2D eigenvalue weighted by Crippen LogP contribution is 2.22. The maximum atomic E-state index is 10.7. The first-order valence-electron chi connectivity index (χ1n) is 5.13. The van der Waals surface area contributed by atoms with Crippen LogP contribution in [0.25, 0.3) is 0 Å². The van der Waals surface area contributed by atoms with Crippen LogP contribution in [-0.2, 0) is 4.79 Å². The Labute approximate surface area is 94.3 Å². The second kappa shape index (κ2) is 5.88. The summed E-state index contributed by atoms with van der Waals surface area (Å²) >= 11 is 1.65. The Morgan fingerprint density at radius 3 is 2.87 bits per heavy atom. The highest BCUT2D eigenvalue weighted by Gasteiger charge is 2.17. The van der Waals surface area contributed by atoms with Crippen molar-refractivity contribution >= 4 is 17.3 Å². The Bertz CT molecular complexity index is 298. The van der Waals surface area contributed by atoms with Gasteiger partial charge in [-0.25, -0.2) is 0 Å². The molecule has 3 nitrogen and oxygen atoms in total. The Hall–Kier alpha value is -0.870. The van der Waals surface area contributed by atoms with Gasteiger partial charge in [-0.3, -0.25) is 9.69 Å². The van der Waals surface area contributed by atoms with E-state index in [-0.39, 0.29) is 12.6 Å². The minimum atomic E-state index is -0.759. The van der Waals surface area contributed by atoms with Crippen LogP contribution in [0.5, 0.6) is 0 Å². The molecule has 84 valence electrons. The first-order valence-corrected chi connectivity index (χ1v) is 6.07. The van der Waals surface area contributed by atoms with Crippen LogP contribution in [0.1, 0.15) is 31.9 Å². The lowest BCUT2D eigenvalue weighted by Gasteiger charge is -2.26. The lowest BCUT2D eigenvalue weighted by atomic mass is 10.1. The molecule has 0 radical (unpaired) electrons. The number of hydrogen-bond donors (Lipinski definition) is 1. The molecular formula is C11H17NO2S. The summed E-state index contributed by atoms with van der Waals surface area (Å²) < 4.78 is 0. The maximum Gasteiger partial charge on any atom is 0.317 e. The predicted molar refractivity (Wildman–Crippen MR) is 62.2 cm³/mol. The van der Waals surface area contributed by atoms with Gasteiger partial charge in [0, 0.05) is 6.04 Å². The van der Waals surface area contributed by atoms with Crippen molar-refractivity contribution in [1.29, 1.82) is 0 Å². The Morgan fingerprint density at radius 2 is 2.40 bits per heavy atom. The zero-order chi connectivity index (χ0) is 11.3. The number of thiophene rings is 1. The van der Waals surface area contributed by atoms with Crippen molar-refractivity contribution in [2.75, 3.05) is 13.1 Å². The Kier molecular flexibility index (Phi) is 4.78. The van der Waals surface area contributed by atoms with Gasteiger partial charge in [0.25, 0.3) is 0 Å². The van der Waals surface area contributed by atoms with Crippen LogP contribution in [0.15, 0.2) is 16.8 Å². The molecule has 0 amide bonds. The molecule has 0 saturated heterocycles. The van der Waals surface area contributed by atoms with Crippen molar-refractivity contribution in [3.63, 3.8) is 0 Å². The van der Waals surface area contributed by atoms with Crippen molar-refractivity contribution in [2.45, 2.75) is 26.3 Å². The number of nitrogens with zero attached hydrogens (tertiary/aromatic N) is 1. The topological polar surface area (TPSA) is 40.5 Å². The number of hydrogen-bond acceptors (Lipinski definition) is 3. The second-order valence-electron chi connectivity index (χ2n) is 3.60. The standard InChI is InChI=1S/C11H17NO2S/c1-3-5-12(7-11(13)14)9(2)10-4-6-15-8-10/h4,6,8-9H,3,5,7H2,1-2H3,(H,13,14). The predicted octanol–water partition coefficient (Wildman–Crippen LogP) is 2.61. The second-order valence-corrected chi connectivity index (χ2v) is 4.38. The maximum absolute atomic E-state index is 10.7. The monoisotopic (exact) mass is 227 g/mol. The molecule has 0 aliphatic carbocycles. The van der Waals surface area contributed by atoms with E-state index in [2.05, 4.69) is 25.3 Å². The van der Waals surface area contributed by atoms with Crippen molar-refractivity contribution in [3.8, 4) is 0 Å². The average molecular weight is 227 g/mol. The van der Waals surface area contributed by atoms with Crippen molar-refractivity contribution in [2.24, 2.45) is 0 Å². The van der Waals surface area contributed by atoms with Crippen LogP contribution in [0.2, 0.25) is 0 Å². The van der Waals surface area contributed by atoms with E-state index in [4.69, 9.17) is 5.11 Å². The summed E-state index contributed by atoms with van der Waals surface area (Å²) in [4.78, 5) is 12.7. The van der Waals surface area contributed by atoms with Gasteiger partial charge in [0.15, 0.2) is 0 Å². The molecule has 0 aliphatic rings. The van der Waals surface area contributed by atoms with E-state index in [1.54, 1.807) is 11.3 Å². The van der Waals surface area contributed by atoms with Crippen molar-refractivity contribution in [3.05, 3.63) is 22.4 Å². The molecule has 0 bridgehead atoms. The summed E-state index contributed by atoms with van der Waals surface area (Å²) in [7, 11) is 0. The van der Waals surface area contributed by atoms with Gasteiger partial charge in [-0.1, -0.05) is 6.92 Å². The quantitative estimate of drug-likeness (QED) is 0.812. The first kappa shape index (κ1) is 12.2. The van der Waals surface area contributed by atoms with Crippen LogP contribution in [0.3, 0.4) is 0 Å². The molecule has 1 heterocycles. The lowest BCUT2D eigenvalue weighted by Crippen LogP contribution is -2.32. The minimum absolute atomic E-state index is 0.116. The summed E-state index contributed by atoms with van der Waals surface area (Å²) in [5.74, 6) is -0.759. The zero-order valence-corrected chi connectivity index (χ0v) is 9.96. The lowest BCUT2D eigenvalue weighted by molar-refractivity contribution is -0.138. The summed E-state index contributed by atoms with van der Waals surface area (Å²) in [5, 5.41) is 12.9. The number of rotatable bonds is 6. The van der Waals surface area contributed by atoms with Crippen LogP contribution < -0.4 is 0 Å². The summed E-state index contributed by atoms with van der Waals surface area (Å²) in [6.07, 6.45) is 0.974. The van der Waals surface area contributed by atoms with E-state index in [1.807, 2.05) is 10.3 Å². The SMILES string of the molecule is CCCN(CC(=O)O)C(C)c1ccsc1. The molecule has 0 saturated carbocycles. The Morgan fingerprint density at radius 1 is 1.67 bits per heavy atom. The van der Waals surface area contributed by atoms with Crippen LogP contribution in [0.4, 0.5) is 0 Å². The van der Waals surface area contributed by atoms with Gasteiger partial charge < -0.3 is 5.11 Å². The van der Waals surface area contributed by atoms with Gasteiger partial charge in [0.2, 0.25) is 0 Å². The molecule has 15 heavy (non-hydrogen) atoms. The molecule has 0 spiro atoms. The van der Waals surface area contributed by atoms with Crippen LogP contribution in [0, 0.1) is 0 Å². The van der Waals surface area contributed by atoms with Gasteiger partial charge in [-0.05, 0) is 42.3 Å². The molecule has 1 N–H and O–H groups in total. The number of aliphatic carboxylic acids is 1. The fraction of sp³-hybridized carbons (Fsp3) is 0.545. The van der Waals surface area contributed by atoms with Crippen LogP contribution >= 0.6 is 11.3 Å². The molecule has 1 atom stereocenters. The van der Waals surface area contributed by atoms with E-state index in [9.17, 15) is 4.79 Å². The van der Waals surface area contributed by atoms with Gasteiger partial charge >= 0.3 is 5.97 Å². The molecule has 1 aromatic rings. The van der Waals surface area contributed by atoms with E-state index in [0.29, 0.717) is 0 Å². The molecular weight excluding hydrogens is 210 g/mol. The minimum Gasteiger partial charge on any atom is -0.480 e. The smallest absolute Gasteiger partial charge is 0.317 e. The molecule has 0 fully saturated rings. The molecule has 4 heteroatoms. The van der Waals surface area contributed by atoms with Crippen LogP contribution in [-0.4, -0.2) is 29.1 Å². The first-order chi connectivity index (χ1) is 7.15. The van der Waals surface area contributed by atoms with Gasteiger partial charge in [0.1, 0.15) is 0 Å². The van der Waals surface area contributed by atoms with E-state index in [1.165, 1.54) is 5.56 Å². The van der Waals surface area contributed by atoms with E-state index >= 15 is 0 Å². The molecule has 1 aromatic heterocycles. The molecule has 1 unspecified atom stereocenters. The summed E-state index contributed by atoms with van der Waals surface area (Å²) in [5.41, 5.74) is 1.20. The average Bonchev–Trinajstić information content (AvgIpc) is 2.68. The third-order valence-corrected chi connectivity index (χ3v) is 3.12. The van der Waals surface area contributed by atoms with Crippen molar-refractivity contribution < 1.29 is 9.90 Å². The fourth-order valence-corrected chi connectivity index (χ4v) is 2.34. The van der Waals surface area contributed by atoms with E-state index < -0.39 is 5.97 Å². The van der Waals surface area contributed by atoms with Gasteiger partial charge in [-0.15, -0.1) is 0 Å². The third kappa shape index (κ3) is 3.64. The zero-order valence-electron chi connectivity index (χ0n) is 9.14.